The van der Waals surface area contributed by atoms with Crippen molar-refractivity contribution in [3.8, 4) is 22.8 Å². The molecule has 1 amide bonds. The average molecular weight is 454 g/mol. The number of carbonyl (C=O) groups excluding carboxylic acids is 1. The molecule has 0 saturated carbocycles. The molecule has 0 atom stereocenters. The lowest BCUT2D eigenvalue weighted by atomic mass is 10.2. The molecule has 3 heterocycles. The lowest BCUT2D eigenvalue weighted by molar-refractivity contribution is 0.102. The number of aryl methyl sites for hydroxylation is 1. The number of amides is 1. The maximum absolute atomic E-state index is 13.5. The van der Waals surface area contributed by atoms with E-state index in [0.717, 1.165) is 5.69 Å². The smallest absolute Gasteiger partial charge is 0.295 e. The van der Waals surface area contributed by atoms with E-state index in [2.05, 4.69) is 10.4 Å². The number of para-hydroxylation sites is 2. The second-order valence-corrected chi connectivity index (χ2v) is 7.97. The highest BCUT2D eigenvalue weighted by Gasteiger charge is 2.24. The van der Waals surface area contributed by atoms with Crippen LogP contribution in [0.1, 0.15) is 21.8 Å². The minimum absolute atomic E-state index is 0.213. The molecule has 0 saturated heterocycles. The van der Waals surface area contributed by atoms with Gasteiger partial charge < -0.3 is 9.73 Å². The second kappa shape index (κ2) is 8.40. The van der Waals surface area contributed by atoms with Gasteiger partial charge >= 0.3 is 0 Å². The standard InChI is InChI=1S/C26H23N5O3/c1-17-14-15-22(34-17)24-21(16-30(28-24)19-10-6-4-7-11-19)25(32)27-23-18(2)29(3)31(26(23)33)20-12-8-5-9-13-20/h4-16H,1-3H3,(H,27,32). The van der Waals surface area contributed by atoms with Gasteiger partial charge in [-0.25, -0.2) is 9.36 Å². The van der Waals surface area contributed by atoms with Crippen LogP contribution in [-0.2, 0) is 7.05 Å². The summed E-state index contributed by atoms with van der Waals surface area (Å²) in [6.45, 7) is 3.62. The van der Waals surface area contributed by atoms with E-state index in [1.165, 1.54) is 4.68 Å². The maximum atomic E-state index is 13.5. The van der Waals surface area contributed by atoms with Crippen LogP contribution in [0, 0.1) is 13.8 Å². The summed E-state index contributed by atoms with van der Waals surface area (Å²) in [5.41, 5.74) is 2.73. The molecular formula is C26H23N5O3. The van der Waals surface area contributed by atoms with E-state index in [9.17, 15) is 9.59 Å². The van der Waals surface area contributed by atoms with Crippen LogP contribution in [0.2, 0.25) is 0 Å². The van der Waals surface area contributed by atoms with Gasteiger partial charge in [-0.05, 0) is 50.2 Å². The summed E-state index contributed by atoms with van der Waals surface area (Å²) in [5, 5.41) is 7.43. The molecule has 8 nitrogen and oxygen atoms in total. The number of hydrogen-bond acceptors (Lipinski definition) is 4. The SMILES string of the molecule is Cc1ccc(-c2nn(-c3ccccc3)cc2C(=O)Nc2c(C)n(C)n(-c3ccccc3)c2=O)o1. The highest BCUT2D eigenvalue weighted by molar-refractivity contribution is 6.08. The van der Waals surface area contributed by atoms with Crippen molar-refractivity contribution in [2.24, 2.45) is 7.05 Å². The number of aromatic nitrogens is 4. The van der Waals surface area contributed by atoms with Gasteiger partial charge in [0.25, 0.3) is 11.5 Å². The Balaban J connectivity index is 1.57. The number of nitrogens with one attached hydrogen (secondary N) is 1. The van der Waals surface area contributed by atoms with Gasteiger partial charge in [-0.2, -0.15) is 5.10 Å². The Kier molecular flexibility index (Phi) is 5.25. The molecule has 0 spiro atoms. The molecule has 5 aromatic rings. The Hall–Kier alpha value is -4.59. The van der Waals surface area contributed by atoms with Crippen molar-refractivity contribution in [2.45, 2.75) is 13.8 Å². The molecule has 170 valence electrons. The first kappa shape index (κ1) is 21.3. The number of rotatable bonds is 5. The molecule has 0 bridgehead atoms. The lowest BCUT2D eigenvalue weighted by Gasteiger charge is -2.07. The highest BCUT2D eigenvalue weighted by Crippen LogP contribution is 2.27. The largest absolute Gasteiger partial charge is 0.460 e. The number of hydrogen-bond donors (Lipinski definition) is 1. The monoisotopic (exact) mass is 453 g/mol. The molecule has 3 aromatic heterocycles. The zero-order valence-electron chi connectivity index (χ0n) is 19.0. The number of furan rings is 1. The van der Waals surface area contributed by atoms with Gasteiger partial charge in [0.2, 0.25) is 0 Å². The van der Waals surface area contributed by atoms with Crippen molar-refractivity contribution in [2.75, 3.05) is 5.32 Å². The van der Waals surface area contributed by atoms with Crippen molar-refractivity contribution in [1.29, 1.82) is 0 Å². The first-order valence-electron chi connectivity index (χ1n) is 10.8. The number of carbonyl (C=O) groups is 1. The number of benzene rings is 2. The number of nitrogens with zero attached hydrogens (tertiary/aromatic N) is 4. The fraction of sp³-hybridized carbons (Fsp3) is 0.115. The molecule has 0 radical (unpaired) electrons. The van der Waals surface area contributed by atoms with Crippen LogP contribution in [0.5, 0.6) is 0 Å². The fourth-order valence-electron chi connectivity index (χ4n) is 3.89. The maximum Gasteiger partial charge on any atom is 0.295 e. The van der Waals surface area contributed by atoms with E-state index in [1.54, 1.807) is 35.6 Å². The van der Waals surface area contributed by atoms with Crippen molar-refractivity contribution >= 4 is 11.6 Å². The third-order valence-electron chi connectivity index (χ3n) is 5.75. The van der Waals surface area contributed by atoms with E-state index < -0.39 is 5.91 Å². The fourth-order valence-corrected chi connectivity index (χ4v) is 3.89. The van der Waals surface area contributed by atoms with E-state index in [4.69, 9.17) is 4.42 Å². The van der Waals surface area contributed by atoms with Crippen LogP contribution in [-0.4, -0.2) is 25.1 Å². The summed E-state index contributed by atoms with van der Waals surface area (Å²) >= 11 is 0. The highest BCUT2D eigenvalue weighted by atomic mass is 16.3. The Morgan fingerprint density at radius 1 is 0.912 bits per heavy atom. The third kappa shape index (κ3) is 3.65. The molecule has 8 heteroatoms. The van der Waals surface area contributed by atoms with Crippen LogP contribution in [0.15, 0.2) is 88.2 Å². The predicted molar refractivity (Wildman–Crippen MR) is 130 cm³/mol. The summed E-state index contributed by atoms with van der Waals surface area (Å²) in [6.07, 6.45) is 1.64. The van der Waals surface area contributed by atoms with Crippen LogP contribution in [0.3, 0.4) is 0 Å². The normalized spacial score (nSPS) is 11.0. The first-order chi connectivity index (χ1) is 16.4. The van der Waals surface area contributed by atoms with Gasteiger partial charge in [-0.1, -0.05) is 36.4 Å². The lowest BCUT2D eigenvalue weighted by Crippen LogP contribution is -2.23. The molecule has 0 fully saturated rings. The van der Waals surface area contributed by atoms with Gasteiger partial charge in [0.05, 0.1) is 22.6 Å². The van der Waals surface area contributed by atoms with E-state index in [1.807, 2.05) is 73.7 Å². The zero-order chi connectivity index (χ0) is 23.8. The molecule has 0 aliphatic heterocycles. The predicted octanol–water partition coefficient (Wildman–Crippen LogP) is 4.49. The summed E-state index contributed by atoms with van der Waals surface area (Å²) < 4.78 is 10.6. The summed E-state index contributed by atoms with van der Waals surface area (Å²) in [4.78, 5) is 26.7. The van der Waals surface area contributed by atoms with Crippen LogP contribution in [0.4, 0.5) is 5.69 Å². The summed E-state index contributed by atoms with van der Waals surface area (Å²) in [5.74, 6) is 0.737. The minimum Gasteiger partial charge on any atom is -0.460 e. The molecule has 1 N–H and O–H groups in total. The molecule has 0 unspecified atom stereocenters. The van der Waals surface area contributed by atoms with E-state index >= 15 is 0 Å². The molecule has 0 aliphatic carbocycles. The third-order valence-corrected chi connectivity index (χ3v) is 5.75. The van der Waals surface area contributed by atoms with Crippen molar-refractivity contribution in [3.63, 3.8) is 0 Å². The Morgan fingerprint density at radius 3 is 2.18 bits per heavy atom. The van der Waals surface area contributed by atoms with Gasteiger partial charge in [-0.15, -0.1) is 0 Å². The Bertz CT molecular complexity index is 1540. The van der Waals surface area contributed by atoms with Gasteiger partial charge in [0, 0.05) is 13.2 Å². The van der Waals surface area contributed by atoms with E-state index in [0.29, 0.717) is 34.2 Å². The summed E-state index contributed by atoms with van der Waals surface area (Å²) in [7, 11) is 1.78. The Morgan fingerprint density at radius 2 is 1.56 bits per heavy atom. The molecular weight excluding hydrogens is 430 g/mol. The van der Waals surface area contributed by atoms with Crippen molar-refractivity contribution < 1.29 is 9.21 Å². The first-order valence-corrected chi connectivity index (χ1v) is 10.8. The van der Waals surface area contributed by atoms with Crippen molar-refractivity contribution in [1.82, 2.24) is 19.1 Å². The van der Waals surface area contributed by atoms with Crippen LogP contribution in [0.25, 0.3) is 22.8 Å². The quantitative estimate of drug-likeness (QED) is 0.425. The average Bonchev–Trinajstić information content (AvgIpc) is 3.54. The van der Waals surface area contributed by atoms with Gasteiger partial charge in [0.1, 0.15) is 17.1 Å². The molecule has 0 aliphatic rings. The van der Waals surface area contributed by atoms with Crippen LogP contribution < -0.4 is 10.9 Å². The Labute approximate surface area is 195 Å². The molecule has 34 heavy (non-hydrogen) atoms. The van der Waals surface area contributed by atoms with Crippen molar-refractivity contribution in [3.05, 3.63) is 106 Å². The zero-order valence-corrected chi connectivity index (χ0v) is 19.0. The molecule has 2 aromatic carbocycles. The van der Waals surface area contributed by atoms with Gasteiger partial charge in [0.15, 0.2) is 5.76 Å². The summed E-state index contributed by atoms with van der Waals surface area (Å²) in [6, 6.07) is 22.4. The van der Waals surface area contributed by atoms with Gasteiger partial charge in [-0.3, -0.25) is 14.3 Å². The topological polar surface area (TPSA) is 87.0 Å². The van der Waals surface area contributed by atoms with Crippen LogP contribution >= 0.6 is 0 Å². The second-order valence-electron chi connectivity index (χ2n) is 7.97. The number of anilines is 1. The molecule has 5 rings (SSSR count). The minimum atomic E-state index is -0.447. The van der Waals surface area contributed by atoms with E-state index in [-0.39, 0.29) is 11.2 Å².